The van der Waals surface area contributed by atoms with Crippen molar-refractivity contribution < 1.29 is 0 Å². The number of benzene rings is 1. The molecular weight excluding hydrogens is 310 g/mol. The second-order valence-corrected chi connectivity index (χ2v) is 5.55. The molecule has 5 heteroatoms. The third kappa shape index (κ3) is 2.28. The summed E-state index contributed by atoms with van der Waals surface area (Å²) in [4.78, 5) is 9.88. The third-order valence-electron chi connectivity index (χ3n) is 2.59. The summed E-state index contributed by atoms with van der Waals surface area (Å²) in [6.45, 7) is 0. The minimum atomic E-state index is 0.834. The Morgan fingerprint density at radius 3 is 2.89 bits per heavy atom. The van der Waals surface area contributed by atoms with Crippen molar-refractivity contribution in [2.45, 2.75) is 10.6 Å². The van der Waals surface area contributed by atoms with E-state index in [1.165, 1.54) is 4.90 Å². The van der Waals surface area contributed by atoms with E-state index in [0.29, 0.717) is 0 Å². The lowest BCUT2D eigenvalue weighted by molar-refractivity contribution is 1.01. The molecule has 0 aliphatic carbocycles. The second kappa shape index (κ2) is 5.12. The monoisotopic (exact) mass is 319 g/mol. The zero-order chi connectivity index (χ0) is 12.4. The molecule has 0 fully saturated rings. The van der Waals surface area contributed by atoms with Crippen LogP contribution in [0.3, 0.4) is 0 Å². The van der Waals surface area contributed by atoms with Crippen molar-refractivity contribution in [3.63, 3.8) is 0 Å². The summed E-state index contributed by atoms with van der Waals surface area (Å²) >= 11 is 5.24. The second-order valence-electron chi connectivity index (χ2n) is 3.75. The summed E-state index contributed by atoms with van der Waals surface area (Å²) in [5.41, 5.74) is 1.00. The summed E-state index contributed by atoms with van der Waals surface area (Å²) in [5.74, 6) is 1.86. The average Bonchev–Trinajstić information content (AvgIpc) is 2.75. The molecule has 0 atom stereocenters. The van der Waals surface area contributed by atoms with Gasteiger partial charge >= 0.3 is 0 Å². The summed E-state index contributed by atoms with van der Waals surface area (Å²) in [6, 6.07) is 10.3. The van der Waals surface area contributed by atoms with Gasteiger partial charge in [0.1, 0.15) is 10.4 Å². The molecule has 2 heterocycles. The van der Waals surface area contributed by atoms with Crippen LogP contribution in [0.4, 0.5) is 0 Å². The summed E-state index contributed by atoms with van der Waals surface area (Å²) in [7, 11) is 0. The summed E-state index contributed by atoms with van der Waals surface area (Å²) < 4.78 is 2.91. The van der Waals surface area contributed by atoms with Crippen molar-refractivity contribution >= 4 is 33.2 Å². The van der Waals surface area contributed by atoms with Crippen molar-refractivity contribution in [1.29, 1.82) is 0 Å². The normalized spacial score (nSPS) is 10.9. The number of nitrogens with zero attached hydrogens (tertiary/aromatic N) is 3. The lowest BCUT2D eigenvalue weighted by atomic mass is 10.4. The predicted octanol–water partition coefficient (Wildman–Crippen LogP) is 3.78. The van der Waals surface area contributed by atoms with Crippen LogP contribution < -0.4 is 0 Å². The molecule has 0 N–H and O–H groups in total. The van der Waals surface area contributed by atoms with Crippen molar-refractivity contribution in [1.82, 2.24) is 14.4 Å². The Balaban J connectivity index is 1.87. The zero-order valence-electron chi connectivity index (χ0n) is 9.45. The molecule has 2 aromatic heterocycles. The van der Waals surface area contributed by atoms with E-state index in [9.17, 15) is 0 Å². The van der Waals surface area contributed by atoms with Gasteiger partial charge in [-0.25, -0.2) is 4.98 Å². The molecule has 0 spiro atoms. The first kappa shape index (κ1) is 11.7. The number of rotatable bonds is 3. The van der Waals surface area contributed by atoms with Crippen LogP contribution in [0.1, 0.15) is 5.82 Å². The van der Waals surface area contributed by atoms with E-state index in [-0.39, 0.29) is 0 Å². The van der Waals surface area contributed by atoms with Crippen molar-refractivity contribution in [2.24, 2.45) is 0 Å². The zero-order valence-corrected chi connectivity index (χ0v) is 11.9. The largest absolute Gasteiger partial charge is 0.299 e. The van der Waals surface area contributed by atoms with Gasteiger partial charge in [0.25, 0.3) is 0 Å². The Labute approximate surface area is 117 Å². The van der Waals surface area contributed by atoms with Crippen LogP contribution >= 0.6 is 27.7 Å². The lowest BCUT2D eigenvalue weighted by Gasteiger charge is -2.01. The molecule has 0 radical (unpaired) electrons. The van der Waals surface area contributed by atoms with Crippen molar-refractivity contribution in [3.05, 3.63) is 59.3 Å². The van der Waals surface area contributed by atoms with Crippen LogP contribution in [-0.2, 0) is 5.75 Å². The molecule has 18 heavy (non-hydrogen) atoms. The van der Waals surface area contributed by atoms with Crippen molar-refractivity contribution in [3.8, 4) is 0 Å². The SMILES string of the molecule is Brc1nc(CSc2ccccc2)n2ccncc12. The van der Waals surface area contributed by atoms with Gasteiger partial charge in [-0.3, -0.25) is 9.38 Å². The van der Waals surface area contributed by atoms with Crippen LogP contribution in [0.15, 0.2) is 58.4 Å². The Morgan fingerprint density at radius 1 is 1.22 bits per heavy atom. The van der Waals surface area contributed by atoms with Gasteiger partial charge in [-0.15, -0.1) is 11.8 Å². The standard InChI is InChI=1S/C13H10BrN3S/c14-13-11-8-15-6-7-17(11)12(16-13)9-18-10-4-2-1-3-5-10/h1-8H,9H2. The van der Waals surface area contributed by atoms with E-state index in [2.05, 4.69) is 42.4 Å². The number of thioether (sulfide) groups is 1. The van der Waals surface area contributed by atoms with E-state index in [1.54, 1.807) is 18.0 Å². The molecule has 0 bridgehead atoms. The smallest absolute Gasteiger partial charge is 0.133 e. The molecule has 1 aromatic carbocycles. The van der Waals surface area contributed by atoms with Crippen LogP contribution in [0.25, 0.3) is 5.52 Å². The number of imidazole rings is 1. The first-order valence-corrected chi connectivity index (χ1v) is 7.27. The van der Waals surface area contributed by atoms with Gasteiger partial charge in [0.2, 0.25) is 0 Å². The molecule has 0 aliphatic rings. The molecule has 0 amide bonds. The van der Waals surface area contributed by atoms with Gasteiger partial charge in [-0.2, -0.15) is 0 Å². The minimum Gasteiger partial charge on any atom is -0.299 e. The van der Waals surface area contributed by atoms with E-state index in [4.69, 9.17) is 0 Å². The maximum Gasteiger partial charge on any atom is 0.133 e. The fourth-order valence-corrected chi connectivity index (χ4v) is 3.08. The fourth-order valence-electron chi connectivity index (χ4n) is 1.73. The molecule has 0 saturated heterocycles. The third-order valence-corrected chi connectivity index (χ3v) is 4.18. The van der Waals surface area contributed by atoms with Crippen LogP contribution in [-0.4, -0.2) is 14.4 Å². The number of aromatic nitrogens is 3. The van der Waals surface area contributed by atoms with Crippen molar-refractivity contribution in [2.75, 3.05) is 0 Å². The topological polar surface area (TPSA) is 30.2 Å². The highest BCUT2D eigenvalue weighted by Crippen LogP contribution is 2.25. The number of fused-ring (bicyclic) bond motifs is 1. The molecule has 0 saturated carbocycles. The first-order valence-electron chi connectivity index (χ1n) is 5.49. The van der Waals surface area contributed by atoms with Crippen LogP contribution in [0, 0.1) is 0 Å². The lowest BCUT2D eigenvalue weighted by Crippen LogP contribution is -1.92. The average molecular weight is 320 g/mol. The molecule has 3 aromatic rings. The maximum absolute atomic E-state index is 4.52. The minimum absolute atomic E-state index is 0.834. The highest BCUT2D eigenvalue weighted by molar-refractivity contribution is 9.10. The highest BCUT2D eigenvalue weighted by Gasteiger charge is 2.08. The van der Waals surface area contributed by atoms with Gasteiger partial charge < -0.3 is 0 Å². The Bertz CT molecular complexity index is 666. The molecule has 0 unspecified atom stereocenters. The number of hydrogen-bond donors (Lipinski definition) is 0. The predicted molar refractivity (Wildman–Crippen MR) is 76.7 cm³/mol. The molecule has 3 rings (SSSR count). The Hall–Kier alpha value is -1.33. The van der Waals surface area contributed by atoms with E-state index in [1.807, 2.05) is 30.6 Å². The van der Waals surface area contributed by atoms with Crippen LogP contribution in [0.2, 0.25) is 0 Å². The Kier molecular flexibility index (Phi) is 3.34. The Morgan fingerprint density at radius 2 is 2.06 bits per heavy atom. The highest BCUT2D eigenvalue weighted by atomic mass is 79.9. The van der Waals surface area contributed by atoms with Gasteiger partial charge in [0.05, 0.1) is 17.5 Å². The molecule has 90 valence electrons. The van der Waals surface area contributed by atoms with E-state index < -0.39 is 0 Å². The molecular formula is C13H10BrN3S. The number of hydrogen-bond acceptors (Lipinski definition) is 3. The quantitative estimate of drug-likeness (QED) is 0.688. The molecule has 3 nitrogen and oxygen atoms in total. The summed E-state index contributed by atoms with van der Waals surface area (Å²) in [5, 5.41) is 0. The number of halogens is 1. The van der Waals surface area contributed by atoms with E-state index in [0.717, 1.165) is 21.7 Å². The van der Waals surface area contributed by atoms with Gasteiger partial charge in [-0.1, -0.05) is 18.2 Å². The van der Waals surface area contributed by atoms with Gasteiger partial charge in [0.15, 0.2) is 0 Å². The van der Waals surface area contributed by atoms with Gasteiger partial charge in [-0.05, 0) is 28.1 Å². The molecule has 0 aliphatic heterocycles. The van der Waals surface area contributed by atoms with Crippen LogP contribution in [0.5, 0.6) is 0 Å². The summed E-state index contributed by atoms with van der Waals surface area (Å²) in [6.07, 6.45) is 5.53. The van der Waals surface area contributed by atoms with Gasteiger partial charge in [0, 0.05) is 17.3 Å². The first-order chi connectivity index (χ1) is 8.84. The van der Waals surface area contributed by atoms with E-state index >= 15 is 0 Å². The maximum atomic E-state index is 4.52. The fraction of sp³-hybridized carbons (Fsp3) is 0.0769.